The van der Waals surface area contributed by atoms with Crippen molar-refractivity contribution in [2.45, 2.75) is 0 Å². The lowest BCUT2D eigenvalue weighted by Crippen LogP contribution is -2.00. The van der Waals surface area contributed by atoms with Gasteiger partial charge >= 0.3 is 0 Å². The zero-order chi connectivity index (χ0) is 37.4. The predicted molar refractivity (Wildman–Crippen MR) is 202 cm³/mol. The highest BCUT2D eigenvalue weighted by Crippen LogP contribution is 2.38. The summed E-state index contributed by atoms with van der Waals surface area (Å²) < 4.78 is 53.5. The van der Waals surface area contributed by atoms with Crippen molar-refractivity contribution >= 4 is 43.9 Å². The van der Waals surface area contributed by atoms with Gasteiger partial charge in [-0.25, -0.2) is 15.0 Å². The molecular weight excluding hydrogens is 615 g/mol. The second kappa shape index (κ2) is 11.4. The van der Waals surface area contributed by atoms with Gasteiger partial charge in [-0.1, -0.05) is 121 Å². The van der Waals surface area contributed by atoms with E-state index in [4.69, 9.17) is 30.6 Å². The van der Waals surface area contributed by atoms with E-state index in [-0.39, 0.29) is 29.7 Å². The number of aromatic nitrogens is 3. The van der Waals surface area contributed by atoms with Crippen molar-refractivity contribution in [2.75, 3.05) is 0 Å². The van der Waals surface area contributed by atoms with E-state index in [9.17, 15) is 0 Å². The van der Waals surface area contributed by atoms with Crippen molar-refractivity contribution in [1.82, 2.24) is 15.0 Å². The fourth-order valence-corrected chi connectivity index (χ4v) is 6.58. The molecule has 0 saturated carbocycles. The smallest absolute Gasteiger partial charge is 0.167 e. The molecule has 7 aromatic carbocycles. The molecule has 10 aromatic rings. The van der Waals surface area contributed by atoms with Crippen LogP contribution < -0.4 is 0 Å². The van der Waals surface area contributed by atoms with Crippen LogP contribution >= 0.6 is 0 Å². The summed E-state index contributed by atoms with van der Waals surface area (Å²) in [5, 5.41) is 3.82. The van der Waals surface area contributed by atoms with E-state index in [2.05, 4.69) is 12.1 Å². The molecule has 0 N–H and O–H groups in total. The molecular formula is C45H27N3O2. The molecule has 0 unspecified atom stereocenters. The van der Waals surface area contributed by atoms with Crippen LogP contribution in [0, 0.1) is 0 Å². The Hall–Kier alpha value is -6.85. The van der Waals surface area contributed by atoms with Gasteiger partial charge in [0.05, 0.1) is 12.4 Å². The Morgan fingerprint density at radius 2 is 0.960 bits per heavy atom. The molecule has 234 valence electrons. The zero-order valence-electron chi connectivity index (χ0n) is 31.4. The summed E-state index contributed by atoms with van der Waals surface area (Å²) in [6.07, 6.45) is 0. The lowest BCUT2D eigenvalue weighted by atomic mass is 9.99. The van der Waals surface area contributed by atoms with Crippen LogP contribution in [-0.4, -0.2) is 15.0 Å². The number of hydrogen-bond acceptors (Lipinski definition) is 5. The van der Waals surface area contributed by atoms with E-state index in [0.29, 0.717) is 28.6 Å². The number of furan rings is 2. The molecule has 5 nitrogen and oxygen atoms in total. The second-order valence-corrected chi connectivity index (χ2v) is 12.1. The first-order valence-corrected chi connectivity index (χ1v) is 16.2. The molecule has 0 spiro atoms. The average molecular weight is 647 g/mol. The van der Waals surface area contributed by atoms with Crippen LogP contribution in [0.3, 0.4) is 0 Å². The Morgan fingerprint density at radius 3 is 1.74 bits per heavy atom. The van der Waals surface area contributed by atoms with Crippen LogP contribution in [0.2, 0.25) is 0 Å². The van der Waals surface area contributed by atoms with Crippen LogP contribution in [0.1, 0.15) is 6.85 Å². The van der Waals surface area contributed by atoms with Gasteiger partial charge in [-0.2, -0.15) is 0 Å². The van der Waals surface area contributed by atoms with E-state index in [1.165, 1.54) is 0 Å². The minimum atomic E-state index is -0.410. The van der Waals surface area contributed by atoms with Gasteiger partial charge in [-0.3, -0.25) is 0 Å². The Morgan fingerprint density at radius 1 is 0.380 bits per heavy atom. The maximum absolute atomic E-state index is 8.38. The molecule has 0 aliphatic carbocycles. The molecule has 0 aliphatic heterocycles. The van der Waals surface area contributed by atoms with Gasteiger partial charge in [0.1, 0.15) is 22.3 Å². The number of nitrogens with zero attached hydrogens (tertiary/aromatic N) is 3. The van der Waals surface area contributed by atoms with E-state index >= 15 is 0 Å². The lowest BCUT2D eigenvalue weighted by molar-refractivity contribution is 0.669. The van der Waals surface area contributed by atoms with Gasteiger partial charge in [0.2, 0.25) is 0 Å². The standard InChI is InChI=1S/C45H27N3O2/c1-3-10-28(11-4-1)29-18-20-30(21-19-29)32-22-24-40-37(26-32)38-27-33(23-25-41(38)49-40)44-46-43(31-12-5-2-6-13-31)47-45(48-44)36-16-9-15-35-34-14-7-8-17-39(34)50-42(35)36/h1-27H/i1D,3D,4D,10D,11D. The molecule has 3 aromatic heterocycles. The molecule has 0 bridgehead atoms. The first-order valence-electron chi connectivity index (χ1n) is 18.7. The Bertz CT molecular complexity index is 3130. The first-order chi connectivity index (χ1) is 26.8. The van der Waals surface area contributed by atoms with E-state index in [1.807, 2.05) is 109 Å². The van der Waals surface area contributed by atoms with Crippen molar-refractivity contribution in [2.24, 2.45) is 0 Å². The summed E-state index contributed by atoms with van der Waals surface area (Å²) in [5.74, 6) is 1.55. The Labute approximate surface area is 294 Å². The topological polar surface area (TPSA) is 65.0 Å². The Balaban J connectivity index is 1.08. The van der Waals surface area contributed by atoms with Crippen LogP contribution in [0.15, 0.2) is 173 Å². The van der Waals surface area contributed by atoms with Gasteiger partial charge in [0.15, 0.2) is 17.5 Å². The molecule has 3 heterocycles. The van der Waals surface area contributed by atoms with Crippen LogP contribution in [0.25, 0.3) is 100 Å². The molecule has 0 radical (unpaired) electrons. The van der Waals surface area contributed by atoms with Gasteiger partial charge in [-0.05, 0) is 64.7 Å². The summed E-state index contributed by atoms with van der Waals surface area (Å²) in [7, 11) is 0. The fourth-order valence-electron chi connectivity index (χ4n) is 6.58. The van der Waals surface area contributed by atoms with E-state index < -0.39 is 6.04 Å². The third-order valence-corrected chi connectivity index (χ3v) is 9.05. The zero-order valence-corrected chi connectivity index (χ0v) is 26.4. The largest absolute Gasteiger partial charge is 0.456 e. The van der Waals surface area contributed by atoms with Crippen molar-refractivity contribution < 1.29 is 15.7 Å². The van der Waals surface area contributed by atoms with Crippen LogP contribution in [-0.2, 0) is 0 Å². The fraction of sp³-hybridized carbons (Fsp3) is 0. The van der Waals surface area contributed by atoms with Crippen molar-refractivity contribution in [3.63, 3.8) is 0 Å². The second-order valence-electron chi connectivity index (χ2n) is 12.1. The highest BCUT2D eigenvalue weighted by atomic mass is 16.3. The molecule has 0 amide bonds. The monoisotopic (exact) mass is 646 g/mol. The summed E-state index contributed by atoms with van der Waals surface area (Å²) in [4.78, 5) is 15.0. The number of benzene rings is 7. The number of fused-ring (bicyclic) bond motifs is 6. The summed E-state index contributed by atoms with van der Waals surface area (Å²) >= 11 is 0. The average Bonchev–Trinajstić information content (AvgIpc) is 3.80. The minimum Gasteiger partial charge on any atom is -0.456 e. The third-order valence-electron chi connectivity index (χ3n) is 9.05. The van der Waals surface area contributed by atoms with Gasteiger partial charge < -0.3 is 8.83 Å². The van der Waals surface area contributed by atoms with Crippen LogP contribution in [0.4, 0.5) is 0 Å². The summed E-state index contributed by atoms with van der Waals surface area (Å²) in [6.45, 7) is 0. The third kappa shape index (κ3) is 4.75. The normalized spacial score (nSPS) is 13.0. The van der Waals surface area contributed by atoms with Gasteiger partial charge in [-0.15, -0.1) is 0 Å². The number of para-hydroxylation sites is 2. The van der Waals surface area contributed by atoms with Gasteiger partial charge in [0.25, 0.3) is 0 Å². The van der Waals surface area contributed by atoms with Crippen molar-refractivity contribution in [3.05, 3.63) is 164 Å². The minimum absolute atomic E-state index is 0.174. The summed E-state index contributed by atoms with van der Waals surface area (Å²) in [6, 6.07) is 41.5. The van der Waals surface area contributed by atoms with Crippen molar-refractivity contribution in [1.29, 1.82) is 0 Å². The van der Waals surface area contributed by atoms with Gasteiger partial charge in [0, 0.05) is 32.7 Å². The lowest BCUT2D eigenvalue weighted by Gasteiger charge is -2.09. The molecule has 0 saturated heterocycles. The SMILES string of the molecule is [2H]c1c([2H])c([2H])c(-c2ccc(-c3ccc4oc5ccc(-c6nc(-c7ccccc7)nc(-c7cccc8c7oc7ccccc78)n6)cc5c4c3)cc2)c([2H])c1[2H]. The first kappa shape index (κ1) is 23.5. The number of rotatable bonds is 5. The van der Waals surface area contributed by atoms with Crippen LogP contribution in [0.5, 0.6) is 0 Å². The maximum Gasteiger partial charge on any atom is 0.167 e. The molecule has 50 heavy (non-hydrogen) atoms. The number of hydrogen-bond donors (Lipinski definition) is 0. The molecule has 0 atom stereocenters. The maximum atomic E-state index is 8.38. The summed E-state index contributed by atoms with van der Waals surface area (Å²) in [5.41, 5.74) is 7.93. The quantitative estimate of drug-likeness (QED) is 0.186. The highest BCUT2D eigenvalue weighted by Gasteiger charge is 2.18. The van der Waals surface area contributed by atoms with E-state index in [1.54, 1.807) is 12.1 Å². The molecule has 5 heteroatoms. The highest BCUT2D eigenvalue weighted by molar-refractivity contribution is 6.09. The molecule has 0 fully saturated rings. The predicted octanol–water partition coefficient (Wildman–Crippen LogP) is 12.0. The molecule has 0 aliphatic rings. The van der Waals surface area contributed by atoms with E-state index in [0.717, 1.165) is 66.1 Å². The Kier molecular flexibility index (Phi) is 5.35. The molecule has 10 rings (SSSR count). The van der Waals surface area contributed by atoms with Crippen molar-refractivity contribution in [3.8, 4) is 56.4 Å².